The summed E-state index contributed by atoms with van der Waals surface area (Å²) in [7, 11) is 0. The molecule has 2 aromatic carbocycles. The van der Waals surface area contributed by atoms with Crippen molar-refractivity contribution in [2.24, 2.45) is 0 Å². The van der Waals surface area contributed by atoms with Crippen LogP contribution in [0.3, 0.4) is 0 Å². The number of anilines is 1. The largest absolute Gasteiger partial charge is 0.354 e. The Labute approximate surface area is 182 Å². The maximum atomic E-state index is 13.6. The van der Waals surface area contributed by atoms with E-state index in [9.17, 15) is 9.18 Å². The first-order chi connectivity index (χ1) is 15.0. The predicted octanol–water partition coefficient (Wildman–Crippen LogP) is 4.18. The number of aromatic nitrogens is 2. The van der Waals surface area contributed by atoms with Gasteiger partial charge >= 0.3 is 0 Å². The van der Waals surface area contributed by atoms with Gasteiger partial charge in [0, 0.05) is 49.4 Å². The van der Waals surface area contributed by atoms with Gasteiger partial charge in [0.15, 0.2) is 0 Å². The van der Waals surface area contributed by atoms with Gasteiger partial charge in [0.1, 0.15) is 17.5 Å². The number of rotatable bonds is 4. The molecule has 5 nitrogen and oxygen atoms in total. The third-order valence-corrected chi connectivity index (χ3v) is 5.68. The Kier molecular flexibility index (Phi) is 6.26. The second-order valence-corrected chi connectivity index (χ2v) is 7.96. The van der Waals surface area contributed by atoms with Crippen LogP contribution in [0.2, 0.25) is 0 Å². The monoisotopic (exact) mass is 418 g/mol. The van der Waals surface area contributed by atoms with Crippen molar-refractivity contribution in [1.29, 1.82) is 0 Å². The molecule has 0 saturated carbocycles. The van der Waals surface area contributed by atoms with E-state index in [1.807, 2.05) is 36.9 Å². The zero-order chi connectivity index (χ0) is 21.8. The van der Waals surface area contributed by atoms with E-state index in [1.165, 1.54) is 17.7 Å². The van der Waals surface area contributed by atoms with Gasteiger partial charge in [-0.1, -0.05) is 36.4 Å². The number of benzene rings is 2. The molecule has 0 N–H and O–H groups in total. The van der Waals surface area contributed by atoms with Crippen LogP contribution in [0.15, 0.2) is 54.6 Å². The molecule has 0 radical (unpaired) electrons. The summed E-state index contributed by atoms with van der Waals surface area (Å²) in [5, 5.41) is 0. The minimum atomic E-state index is -0.389. The fourth-order valence-electron chi connectivity index (χ4n) is 4.12. The maximum Gasteiger partial charge on any atom is 0.254 e. The molecule has 1 amide bonds. The highest BCUT2D eigenvalue weighted by Crippen LogP contribution is 2.25. The fraction of sp³-hybridized carbons (Fsp3) is 0.320. The highest BCUT2D eigenvalue weighted by Gasteiger charge is 2.24. The normalized spacial score (nSPS) is 14.4. The van der Waals surface area contributed by atoms with E-state index in [2.05, 4.69) is 22.0 Å². The van der Waals surface area contributed by atoms with E-state index in [0.29, 0.717) is 25.2 Å². The number of nitrogens with zero attached hydrogens (tertiary/aromatic N) is 4. The summed E-state index contributed by atoms with van der Waals surface area (Å²) < 4.78 is 13.6. The summed E-state index contributed by atoms with van der Waals surface area (Å²) in [6, 6.07) is 16.2. The first-order valence-electron chi connectivity index (χ1n) is 10.7. The van der Waals surface area contributed by atoms with Crippen LogP contribution < -0.4 is 4.90 Å². The van der Waals surface area contributed by atoms with Crippen LogP contribution in [0.25, 0.3) is 0 Å². The Morgan fingerprint density at radius 1 is 0.968 bits per heavy atom. The Hall–Kier alpha value is -3.28. The molecule has 3 aromatic rings. The lowest BCUT2D eigenvalue weighted by Gasteiger charge is -2.26. The van der Waals surface area contributed by atoms with Crippen molar-refractivity contribution in [3.8, 4) is 0 Å². The first-order valence-corrected chi connectivity index (χ1v) is 10.7. The number of aryl methyl sites for hydroxylation is 2. The number of hydrogen-bond donors (Lipinski definition) is 0. The lowest BCUT2D eigenvalue weighted by Crippen LogP contribution is -2.35. The highest BCUT2D eigenvalue weighted by molar-refractivity contribution is 5.94. The van der Waals surface area contributed by atoms with Crippen molar-refractivity contribution in [3.63, 3.8) is 0 Å². The van der Waals surface area contributed by atoms with Gasteiger partial charge in [-0.15, -0.1) is 0 Å². The third kappa shape index (κ3) is 4.90. The molecule has 0 atom stereocenters. The molecular formula is C25H27FN4O. The summed E-state index contributed by atoms with van der Waals surface area (Å²) in [5.74, 6) is 1.19. The standard InChI is InChI=1S/C25H27FN4O/c1-18-23(16-20-8-4-3-5-9-20)24(28-19(2)27-18)29-12-7-13-30(15-14-29)25(31)21-10-6-11-22(26)17-21/h3-6,8-11,17H,7,12-16H2,1-2H3. The summed E-state index contributed by atoms with van der Waals surface area (Å²) in [5.41, 5.74) is 3.73. The lowest BCUT2D eigenvalue weighted by atomic mass is 10.0. The van der Waals surface area contributed by atoms with Crippen molar-refractivity contribution in [3.05, 3.63) is 88.6 Å². The zero-order valence-electron chi connectivity index (χ0n) is 18.0. The van der Waals surface area contributed by atoms with Crippen molar-refractivity contribution >= 4 is 11.7 Å². The van der Waals surface area contributed by atoms with Gasteiger partial charge in [0.25, 0.3) is 5.91 Å². The molecule has 6 heteroatoms. The molecule has 0 unspecified atom stereocenters. The van der Waals surface area contributed by atoms with E-state index in [1.54, 1.807) is 12.1 Å². The Bertz CT molecular complexity index is 1070. The van der Waals surface area contributed by atoms with Crippen LogP contribution in [0.1, 0.15) is 39.4 Å². The van der Waals surface area contributed by atoms with E-state index in [-0.39, 0.29) is 11.7 Å². The van der Waals surface area contributed by atoms with Crippen LogP contribution in [-0.2, 0) is 6.42 Å². The topological polar surface area (TPSA) is 49.3 Å². The van der Waals surface area contributed by atoms with E-state index >= 15 is 0 Å². The number of halogens is 1. The molecule has 1 aromatic heterocycles. The van der Waals surface area contributed by atoms with Gasteiger partial charge in [-0.3, -0.25) is 4.79 Å². The van der Waals surface area contributed by atoms with Gasteiger partial charge < -0.3 is 9.80 Å². The molecule has 4 rings (SSSR count). The predicted molar refractivity (Wildman–Crippen MR) is 120 cm³/mol. The molecule has 0 spiro atoms. The third-order valence-electron chi connectivity index (χ3n) is 5.68. The van der Waals surface area contributed by atoms with Gasteiger partial charge in [-0.2, -0.15) is 0 Å². The molecule has 0 bridgehead atoms. The number of amides is 1. The second kappa shape index (κ2) is 9.25. The lowest BCUT2D eigenvalue weighted by molar-refractivity contribution is 0.0766. The van der Waals surface area contributed by atoms with Crippen LogP contribution in [0.5, 0.6) is 0 Å². The van der Waals surface area contributed by atoms with E-state index in [0.717, 1.165) is 42.3 Å². The maximum absolute atomic E-state index is 13.6. The fourth-order valence-corrected chi connectivity index (χ4v) is 4.12. The average molecular weight is 419 g/mol. The minimum Gasteiger partial charge on any atom is -0.354 e. The Morgan fingerprint density at radius 2 is 1.77 bits per heavy atom. The summed E-state index contributed by atoms with van der Waals surface area (Å²) in [4.78, 5) is 26.4. The van der Waals surface area contributed by atoms with Crippen molar-refractivity contribution in [2.75, 3.05) is 31.1 Å². The van der Waals surface area contributed by atoms with Crippen LogP contribution in [-0.4, -0.2) is 47.0 Å². The minimum absolute atomic E-state index is 0.124. The van der Waals surface area contributed by atoms with Gasteiger partial charge in [0.2, 0.25) is 0 Å². The van der Waals surface area contributed by atoms with Crippen molar-refractivity contribution < 1.29 is 9.18 Å². The number of carbonyl (C=O) groups excluding carboxylic acids is 1. The molecule has 1 fully saturated rings. The van der Waals surface area contributed by atoms with Gasteiger partial charge in [0.05, 0.1) is 0 Å². The first kappa shape index (κ1) is 21.0. The summed E-state index contributed by atoms with van der Waals surface area (Å²) in [6.45, 7) is 6.66. The molecule has 31 heavy (non-hydrogen) atoms. The highest BCUT2D eigenvalue weighted by atomic mass is 19.1. The molecule has 1 aliphatic rings. The molecule has 2 heterocycles. The Balaban J connectivity index is 1.56. The Morgan fingerprint density at radius 3 is 2.55 bits per heavy atom. The van der Waals surface area contributed by atoms with Gasteiger partial charge in [-0.25, -0.2) is 14.4 Å². The number of hydrogen-bond acceptors (Lipinski definition) is 4. The second-order valence-electron chi connectivity index (χ2n) is 7.96. The molecular weight excluding hydrogens is 391 g/mol. The quantitative estimate of drug-likeness (QED) is 0.638. The number of carbonyl (C=O) groups is 1. The van der Waals surface area contributed by atoms with Crippen LogP contribution >= 0.6 is 0 Å². The molecule has 160 valence electrons. The van der Waals surface area contributed by atoms with Crippen LogP contribution in [0.4, 0.5) is 10.2 Å². The van der Waals surface area contributed by atoms with E-state index < -0.39 is 0 Å². The van der Waals surface area contributed by atoms with E-state index in [4.69, 9.17) is 4.98 Å². The SMILES string of the molecule is Cc1nc(C)c(Cc2ccccc2)c(N2CCCN(C(=O)c3cccc(F)c3)CC2)n1. The van der Waals surface area contributed by atoms with Crippen molar-refractivity contribution in [2.45, 2.75) is 26.7 Å². The van der Waals surface area contributed by atoms with Crippen molar-refractivity contribution in [1.82, 2.24) is 14.9 Å². The summed E-state index contributed by atoms with van der Waals surface area (Å²) in [6.07, 6.45) is 1.60. The molecule has 0 aliphatic carbocycles. The summed E-state index contributed by atoms with van der Waals surface area (Å²) >= 11 is 0. The van der Waals surface area contributed by atoms with Crippen LogP contribution in [0, 0.1) is 19.7 Å². The average Bonchev–Trinajstić information content (AvgIpc) is 3.02. The molecule has 1 saturated heterocycles. The molecule has 1 aliphatic heterocycles. The van der Waals surface area contributed by atoms with Gasteiger partial charge in [-0.05, 0) is 44.0 Å². The smallest absolute Gasteiger partial charge is 0.254 e. The zero-order valence-corrected chi connectivity index (χ0v) is 18.0.